The number of thioether (sulfide) groups is 1. The fourth-order valence-electron chi connectivity index (χ4n) is 1.67. The summed E-state index contributed by atoms with van der Waals surface area (Å²) in [5.74, 6) is 1.37. The van der Waals surface area contributed by atoms with Crippen LogP contribution in [0.5, 0.6) is 0 Å². The molecule has 0 amide bonds. The Labute approximate surface area is 108 Å². The third-order valence-electron chi connectivity index (χ3n) is 2.84. The van der Waals surface area contributed by atoms with E-state index in [0.717, 1.165) is 30.0 Å². The van der Waals surface area contributed by atoms with Crippen LogP contribution in [-0.4, -0.2) is 42.8 Å². The van der Waals surface area contributed by atoms with Gasteiger partial charge in [0.25, 0.3) is 0 Å². The normalized spacial score (nSPS) is 10.8. The molecule has 3 heteroatoms. The molecule has 0 atom stereocenters. The molecule has 0 saturated heterocycles. The maximum absolute atomic E-state index is 12.0. The summed E-state index contributed by atoms with van der Waals surface area (Å²) in [5.41, 5.74) is 1.94. The molecule has 1 aromatic rings. The van der Waals surface area contributed by atoms with Crippen LogP contribution in [0.15, 0.2) is 24.3 Å². The first-order valence-electron chi connectivity index (χ1n) is 5.91. The average Bonchev–Trinajstić information content (AvgIpc) is 2.34. The van der Waals surface area contributed by atoms with E-state index in [1.54, 1.807) is 0 Å². The van der Waals surface area contributed by atoms with Gasteiger partial charge in [-0.3, -0.25) is 4.79 Å². The molecule has 0 aliphatic rings. The lowest BCUT2D eigenvalue weighted by atomic mass is 10.0. The highest BCUT2D eigenvalue weighted by atomic mass is 32.2. The molecule has 0 radical (unpaired) electrons. The number of aryl methyl sites for hydroxylation is 1. The summed E-state index contributed by atoms with van der Waals surface area (Å²) in [4.78, 5) is 14.2. The lowest BCUT2D eigenvalue weighted by Gasteiger charge is -2.15. The van der Waals surface area contributed by atoms with E-state index >= 15 is 0 Å². The quantitative estimate of drug-likeness (QED) is 0.695. The van der Waals surface area contributed by atoms with Gasteiger partial charge in [0.1, 0.15) is 0 Å². The number of carbonyl (C=O) groups is 1. The van der Waals surface area contributed by atoms with E-state index in [1.807, 2.05) is 43.0 Å². The second-order valence-corrected chi connectivity index (χ2v) is 5.27. The molecular formula is C14H21NOS. The Bertz CT molecular complexity index is 365. The van der Waals surface area contributed by atoms with Crippen molar-refractivity contribution in [2.75, 3.05) is 32.1 Å². The molecule has 17 heavy (non-hydrogen) atoms. The number of ketones is 1. The third kappa shape index (κ3) is 4.92. The van der Waals surface area contributed by atoms with Crippen LogP contribution in [0.25, 0.3) is 0 Å². The minimum Gasteiger partial charge on any atom is -0.305 e. The standard InChI is InChI=1S/C14H21NOS/c1-12-6-4-5-7-13(12)14(16)8-9-15(2)10-11-17-3/h4-7H,8-11H2,1-3H3. The molecule has 0 spiro atoms. The van der Waals surface area contributed by atoms with Crippen molar-refractivity contribution in [1.82, 2.24) is 4.90 Å². The Kier molecular flexibility index (Phi) is 6.30. The van der Waals surface area contributed by atoms with Crippen molar-refractivity contribution in [3.05, 3.63) is 35.4 Å². The Morgan fingerprint density at radius 2 is 2.00 bits per heavy atom. The number of carbonyl (C=O) groups excluding carboxylic acids is 1. The Balaban J connectivity index is 2.42. The fraction of sp³-hybridized carbons (Fsp3) is 0.500. The predicted molar refractivity (Wildman–Crippen MR) is 76.0 cm³/mol. The zero-order chi connectivity index (χ0) is 12.7. The first-order chi connectivity index (χ1) is 8.15. The molecule has 0 N–H and O–H groups in total. The van der Waals surface area contributed by atoms with Gasteiger partial charge in [-0.05, 0) is 25.8 Å². The molecule has 0 fully saturated rings. The van der Waals surface area contributed by atoms with Gasteiger partial charge in [-0.15, -0.1) is 0 Å². The van der Waals surface area contributed by atoms with Gasteiger partial charge in [-0.2, -0.15) is 11.8 Å². The molecule has 0 aromatic heterocycles. The minimum absolute atomic E-state index is 0.249. The summed E-state index contributed by atoms with van der Waals surface area (Å²) in [6, 6.07) is 7.80. The summed E-state index contributed by atoms with van der Waals surface area (Å²) in [5, 5.41) is 0. The van der Waals surface area contributed by atoms with Crippen molar-refractivity contribution in [1.29, 1.82) is 0 Å². The van der Waals surface area contributed by atoms with Gasteiger partial charge in [0.15, 0.2) is 5.78 Å². The molecular weight excluding hydrogens is 230 g/mol. The molecule has 0 saturated carbocycles. The highest BCUT2D eigenvalue weighted by molar-refractivity contribution is 7.98. The summed E-state index contributed by atoms with van der Waals surface area (Å²) >= 11 is 1.84. The van der Waals surface area contributed by atoms with Gasteiger partial charge in [-0.25, -0.2) is 0 Å². The summed E-state index contributed by atoms with van der Waals surface area (Å²) in [6.45, 7) is 3.88. The topological polar surface area (TPSA) is 20.3 Å². The molecule has 94 valence electrons. The van der Waals surface area contributed by atoms with E-state index < -0.39 is 0 Å². The van der Waals surface area contributed by atoms with E-state index in [-0.39, 0.29) is 5.78 Å². The average molecular weight is 251 g/mol. The van der Waals surface area contributed by atoms with Gasteiger partial charge in [0, 0.05) is 30.8 Å². The second kappa shape index (κ2) is 7.51. The van der Waals surface area contributed by atoms with Crippen LogP contribution in [0.2, 0.25) is 0 Å². The largest absolute Gasteiger partial charge is 0.305 e. The van der Waals surface area contributed by atoms with Crippen LogP contribution in [0, 0.1) is 6.92 Å². The molecule has 0 heterocycles. The van der Waals surface area contributed by atoms with E-state index in [0.29, 0.717) is 6.42 Å². The van der Waals surface area contributed by atoms with E-state index in [4.69, 9.17) is 0 Å². The SMILES string of the molecule is CSCCN(C)CCC(=O)c1ccccc1C. The minimum atomic E-state index is 0.249. The zero-order valence-electron chi connectivity index (χ0n) is 10.9. The van der Waals surface area contributed by atoms with Crippen LogP contribution in [-0.2, 0) is 0 Å². The first-order valence-corrected chi connectivity index (χ1v) is 7.31. The third-order valence-corrected chi connectivity index (χ3v) is 3.43. The highest BCUT2D eigenvalue weighted by Gasteiger charge is 2.09. The van der Waals surface area contributed by atoms with E-state index in [2.05, 4.69) is 18.2 Å². The molecule has 1 aromatic carbocycles. The number of hydrogen-bond donors (Lipinski definition) is 0. The molecule has 0 aliphatic carbocycles. The smallest absolute Gasteiger partial charge is 0.164 e. The van der Waals surface area contributed by atoms with Gasteiger partial charge in [0.2, 0.25) is 0 Å². The number of hydrogen-bond acceptors (Lipinski definition) is 3. The maximum atomic E-state index is 12.0. The number of Topliss-reactive ketones (excluding diaryl/α,β-unsaturated/α-hetero) is 1. The van der Waals surface area contributed by atoms with Crippen molar-refractivity contribution in [3.8, 4) is 0 Å². The molecule has 1 rings (SSSR count). The molecule has 0 aliphatic heterocycles. The van der Waals surface area contributed by atoms with Crippen molar-refractivity contribution < 1.29 is 4.79 Å². The monoisotopic (exact) mass is 251 g/mol. The van der Waals surface area contributed by atoms with Crippen molar-refractivity contribution in [2.24, 2.45) is 0 Å². The number of rotatable bonds is 7. The maximum Gasteiger partial charge on any atom is 0.164 e. The van der Waals surface area contributed by atoms with Gasteiger partial charge >= 0.3 is 0 Å². The van der Waals surface area contributed by atoms with Crippen LogP contribution in [0.1, 0.15) is 22.3 Å². The summed E-state index contributed by atoms with van der Waals surface area (Å²) in [6.07, 6.45) is 2.71. The van der Waals surface area contributed by atoms with Crippen molar-refractivity contribution >= 4 is 17.5 Å². The Morgan fingerprint density at radius 1 is 1.29 bits per heavy atom. The highest BCUT2D eigenvalue weighted by Crippen LogP contribution is 2.10. The Morgan fingerprint density at radius 3 is 2.65 bits per heavy atom. The summed E-state index contributed by atoms with van der Waals surface area (Å²) in [7, 11) is 2.07. The fourth-order valence-corrected chi connectivity index (χ4v) is 2.17. The van der Waals surface area contributed by atoms with Crippen molar-refractivity contribution in [2.45, 2.75) is 13.3 Å². The van der Waals surface area contributed by atoms with Gasteiger partial charge in [0.05, 0.1) is 0 Å². The van der Waals surface area contributed by atoms with Crippen LogP contribution < -0.4 is 0 Å². The first kappa shape index (κ1) is 14.3. The lowest BCUT2D eigenvalue weighted by molar-refractivity contribution is 0.0969. The zero-order valence-corrected chi connectivity index (χ0v) is 11.7. The second-order valence-electron chi connectivity index (χ2n) is 4.28. The molecule has 2 nitrogen and oxygen atoms in total. The van der Waals surface area contributed by atoms with Crippen molar-refractivity contribution in [3.63, 3.8) is 0 Å². The Hall–Kier alpha value is -0.800. The van der Waals surface area contributed by atoms with E-state index in [9.17, 15) is 4.79 Å². The van der Waals surface area contributed by atoms with Gasteiger partial charge < -0.3 is 4.90 Å². The van der Waals surface area contributed by atoms with Gasteiger partial charge in [-0.1, -0.05) is 24.3 Å². The predicted octanol–water partition coefficient (Wildman–Crippen LogP) is 2.86. The molecule has 0 unspecified atom stereocenters. The van der Waals surface area contributed by atoms with E-state index in [1.165, 1.54) is 0 Å². The van der Waals surface area contributed by atoms with Crippen LogP contribution in [0.3, 0.4) is 0 Å². The number of nitrogens with zero attached hydrogens (tertiary/aromatic N) is 1. The summed E-state index contributed by atoms with van der Waals surface area (Å²) < 4.78 is 0. The molecule has 0 bridgehead atoms. The van der Waals surface area contributed by atoms with Crippen LogP contribution in [0.4, 0.5) is 0 Å². The number of benzene rings is 1. The van der Waals surface area contributed by atoms with Crippen LogP contribution >= 0.6 is 11.8 Å². The lowest BCUT2D eigenvalue weighted by Crippen LogP contribution is -2.24.